The van der Waals surface area contributed by atoms with Crippen molar-refractivity contribution in [1.29, 1.82) is 0 Å². The molecule has 7 heteroatoms. The quantitative estimate of drug-likeness (QED) is 0.850. The van der Waals surface area contributed by atoms with E-state index in [4.69, 9.17) is 0 Å². The molecule has 3 heterocycles. The summed E-state index contributed by atoms with van der Waals surface area (Å²) in [6, 6.07) is 8.73. The SMILES string of the molecule is O=C(Nc1ncc(C2CCNCC2)s1)C1CCCN1C(=O)c1ccccc1. The van der Waals surface area contributed by atoms with E-state index in [2.05, 4.69) is 15.6 Å². The fraction of sp³-hybridized carbons (Fsp3) is 0.450. The first-order chi connectivity index (χ1) is 13.2. The zero-order valence-corrected chi connectivity index (χ0v) is 16.0. The van der Waals surface area contributed by atoms with Crippen LogP contribution in [0.3, 0.4) is 0 Å². The molecule has 2 amide bonds. The van der Waals surface area contributed by atoms with Gasteiger partial charge in [-0.05, 0) is 56.8 Å². The Kier molecular flexibility index (Phi) is 5.50. The van der Waals surface area contributed by atoms with Crippen LogP contribution in [0.4, 0.5) is 5.13 Å². The van der Waals surface area contributed by atoms with Crippen molar-refractivity contribution in [2.45, 2.75) is 37.6 Å². The zero-order valence-electron chi connectivity index (χ0n) is 15.2. The first-order valence-corrected chi connectivity index (χ1v) is 10.4. The van der Waals surface area contributed by atoms with Crippen LogP contribution in [-0.4, -0.2) is 47.4 Å². The summed E-state index contributed by atoms with van der Waals surface area (Å²) < 4.78 is 0. The highest BCUT2D eigenvalue weighted by atomic mass is 32.1. The van der Waals surface area contributed by atoms with E-state index in [0.717, 1.165) is 32.4 Å². The van der Waals surface area contributed by atoms with E-state index in [1.807, 2.05) is 24.4 Å². The lowest BCUT2D eigenvalue weighted by Crippen LogP contribution is -2.43. The molecule has 6 nitrogen and oxygen atoms in total. The van der Waals surface area contributed by atoms with Crippen LogP contribution in [0.1, 0.15) is 46.8 Å². The number of amides is 2. The molecule has 0 radical (unpaired) electrons. The normalized spacial score (nSPS) is 20.6. The van der Waals surface area contributed by atoms with E-state index in [0.29, 0.717) is 29.6 Å². The van der Waals surface area contributed by atoms with Crippen molar-refractivity contribution in [2.24, 2.45) is 0 Å². The van der Waals surface area contributed by atoms with E-state index >= 15 is 0 Å². The van der Waals surface area contributed by atoms with Gasteiger partial charge in [-0.3, -0.25) is 9.59 Å². The highest BCUT2D eigenvalue weighted by molar-refractivity contribution is 7.15. The molecule has 2 aliphatic rings. The van der Waals surface area contributed by atoms with Gasteiger partial charge in [0.15, 0.2) is 5.13 Å². The molecule has 2 N–H and O–H groups in total. The second-order valence-electron chi connectivity index (χ2n) is 7.10. The van der Waals surface area contributed by atoms with Gasteiger partial charge >= 0.3 is 0 Å². The van der Waals surface area contributed by atoms with Crippen LogP contribution in [0.2, 0.25) is 0 Å². The minimum absolute atomic E-state index is 0.0808. The van der Waals surface area contributed by atoms with Gasteiger partial charge in [0, 0.05) is 23.2 Å². The highest BCUT2D eigenvalue weighted by Crippen LogP contribution is 2.32. The number of thiazole rings is 1. The van der Waals surface area contributed by atoms with Crippen LogP contribution in [0.15, 0.2) is 36.5 Å². The molecule has 4 rings (SSSR count). The first-order valence-electron chi connectivity index (χ1n) is 9.55. The fourth-order valence-corrected chi connectivity index (χ4v) is 4.85. The maximum Gasteiger partial charge on any atom is 0.254 e. The van der Waals surface area contributed by atoms with Crippen molar-refractivity contribution in [3.05, 3.63) is 47.0 Å². The second-order valence-corrected chi connectivity index (χ2v) is 8.17. The number of nitrogens with one attached hydrogen (secondary N) is 2. The number of rotatable bonds is 4. The number of aromatic nitrogens is 1. The number of carbonyl (C=O) groups excluding carboxylic acids is 2. The van der Waals surface area contributed by atoms with Crippen LogP contribution in [0.25, 0.3) is 0 Å². The van der Waals surface area contributed by atoms with Gasteiger partial charge in [-0.25, -0.2) is 4.98 Å². The largest absolute Gasteiger partial charge is 0.327 e. The Hall–Kier alpha value is -2.25. The van der Waals surface area contributed by atoms with Crippen molar-refractivity contribution in [3.8, 4) is 0 Å². The Morgan fingerprint density at radius 3 is 2.70 bits per heavy atom. The first kappa shape index (κ1) is 18.1. The lowest BCUT2D eigenvalue weighted by molar-refractivity contribution is -0.119. The average molecular weight is 385 g/mol. The summed E-state index contributed by atoms with van der Waals surface area (Å²) in [5.41, 5.74) is 0.625. The summed E-state index contributed by atoms with van der Waals surface area (Å²) in [5.74, 6) is 0.308. The molecular formula is C20H24N4O2S. The fourth-order valence-electron chi connectivity index (χ4n) is 3.86. The molecule has 2 fully saturated rings. The van der Waals surface area contributed by atoms with Crippen LogP contribution in [0, 0.1) is 0 Å². The van der Waals surface area contributed by atoms with Gasteiger partial charge in [0.1, 0.15) is 6.04 Å². The number of nitrogens with zero attached hydrogens (tertiary/aromatic N) is 2. The van der Waals surface area contributed by atoms with E-state index in [-0.39, 0.29) is 11.8 Å². The molecule has 1 aromatic carbocycles. The Morgan fingerprint density at radius 1 is 1.15 bits per heavy atom. The molecule has 0 spiro atoms. The van der Waals surface area contributed by atoms with Crippen LogP contribution >= 0.6 is 11.3 Å². The van der Waals surface area contributed by atoms with Crippen LogP contribution in [-0.2, 0) is 4.79 Å². The van der Waals surface area contributed by atoms with Gasteiger partial charge in [0.2, 0.25) is 5.91 Å². The smallest absolute Gasteiger partial charge is 0.254 e. The topological polar surface area (TPSA) is 74.3 Å². The molecular weight excluding hydrogens is 360 g/mol. The number of benzene rings is 1. The number of piperidine rings is 1. The Morgan fingerprint density at radius 2 is 1.93 bits per heavy atom. The number of anilines is 1. The lowest BCUT2D eigenvalue weighted by Gasteiger charge is -2.23. The van der Waals surface area contributed by atoms with Gasteiger partial charge < -0.3 is 15.5 Å². The molecule has 0 aliphatic carbocycles. The summed E-state index contributed by atoms with van der Waals surface area (Å²) >= 11 is 1.56. The number of hydrogen-bond donors (Lipinski definition) is 2. The second kappa shape index (κ2) is 8.19. The van der Waals surface area contributed by atoms with Crippen molar-refractivity contribution in [3.63, 3.8) is 0 Å². The molecule has 2 aromatic rings. The third kappa shape index (κ3) is 4.04. The molecule has 0 saturated carbocycles. The minimum Gasteiger partial charge on any atom is -0.327 e. The monoisotopic (exact) mass is 384 g/mol. The van der Waals surface area contributed by atoms with Crippen molar-refractivity contribution in [2.75, 3.05) is 25.0 Å². The summed E-state index contributed by atoms with van der Waals surface area (Å²) in [5, 5.41) is 6.94. The Balaban J connectivity index is 1.41. The van der Waals surface area contributed by atoms with E-state index in [1.54, 1.807) is 28.4 Å². The van der Waals surface area contributed by atoms with Gasteiger partial charge in [-0.2, -0.15) is 0 Å². The highest BCUT2D eigenvalue weighted by Gasteiger charge is 2.35. The average Bonchev–Trinajstić information content (AvgIpc) is 3.38. The van der Waals surface area contributed by atoms with Crippen LogP contribution in [0.5, 0.6) is 0 Å². The lowest BCUT2D eigenvalue weighted by atomic mass is 9.97. The molecule has 1 aromatic heterocycles. The molecule has 142 valence electrons. The van der Waals surface area contributed by atoms with Gasteiger partial charge in [0.05, 0.1) is 0 Å². The third-order valence-corrected chi connectivity index (χ3v) is 6.41. The van der Waals surface area contributed by atoms with E-state index < -0.39 is 6.04 Å². The molecule has 2 saturated heterocycles. The maximum atomic E-state index is 12.8. The number of likely N-dealkylation sites (tertiary alicyclic amines) is 1. The van der Waals surface area contributed by atoms with Gasteiger partial charge in [-0.15, -0.1) is 11.3 Å². The van der Waals surface area contributed by atoms with Crippen molar-refractivity contribution in [1.82, 2.24) is 15.2 Å². The number of hydrogen-bond acceptors (Lipinski definition) is 5. The van der Waals surface area contributed by atoms with Gasteiger partial charge in [0.25, 0.3) is 5.91 Å². The standard InChI is InChI=1S/C20H24N4O2S/c25-18(23-20-22-13-17(27-20)14-8-10-21-11-9-14)16-7-4-12-24(16)19(26)15-5-2-1-3-6-15/h1-3,5-6,13-14,16,21H,4,7-12H2,(H,22,23,25). The summed E-state index contributed by atoms with van der Waals surface area (Å²) in [4.78, 5) is 32.9. The van der Waals surface area contributed by atoms with Crippen molar-refractivity contribution >= 4 is 28.3 Å². The Labute approximate surface area is 163 Å². The Bertz CT molecular complexity index is 801. The van der Waals surface area contributed by atoms with Crippen molar-refractivity contribution < 1.29 is 9.59 Å². The third-order valence-electron chi connectivity index (χ3n) is 5.33. The molecule has 27 heavy (non-hydrogen) atoms. The minimum atomic E-state index is -0.427. The molecule has 1 atom stereocenters. The van der Waals surface area contributed by atoms with Crippen LogP contribution < -0.4 is 10.6 Å². The maximum absolute atomic E-state index is 12.8. The van der Waals surface area contributed by atoms with E-state index in [9.17, 15) is 9.59 Å². The molecule has 1 unspecified atom stereocenters. The molecule has 2 aliphatic heterocycles. The zero-order chi connectivity index (χ0) is 18.6. The van der Waals surface area contributed by atoms with Gasteiger partial charge in [-0.1, -0.05) is 18.2 Å². The molecule has 0 bridgehead atoms. The summed E-state index contributed by atoms with van der Waals surface area (Å²) in [6.45, 7) is 2.68. The summed E-state index contributed by atoms with van der Waals surface area (Å²) in [6.07, 6.45) is 5.64. The number of carbonyl (C=O) groups is 2. The van der Waals surface area contributed by atoms with E-state index in [1.165, 1.54) is 4.88 Å². The summed E-state index contributed by atoms with van der Waals surface area (Å²) in [7, 11) is 0. The predicted octanol–water partition coefficient (Wildman–Crippen LogP) is 2.85. The predicted molar refractivity (Wildman–Crippen MR) is 106 cm³/mol.